The van der Waals surface area contributed by atoms with Crippen LogP contribution >= 0.6 is 0 Å². The summed E-state index contributed by atoms with van der Waals surface area (Å²) < 4.78 is 5.17. The highest BCUT2D eigenvalue weighted by Crippen LogP contribution is 2.33. The Morgan fingerprint density at radius 1 is 1.45 bits per heavy atom. The topological polar surface area (TPSA) is 58.6 Å². The van der Waals surface area contributed by atoms with Crippen molar-refractivity contribution in [2.24, 2.45) is 5.92 Å². The van der Waals surface area contributed by atoms with Crippen molar-refractivity contribution in [2.75, 3.05) is 19.7 Å². The van der Waals surface area contributed by atoms with Gasteiger partial charge in [-0.2, -0.15) is 0 Å². The number of rotatable bonds is 6. The van der Waals surface area contributed by atoms with Crippen LogP contribution in [-0.4, -0.2) is 30.8 Å². The number of carboxylic acids is 1. The average Bonchev–Trinajstić information content (AvgIpc) is 2.48. The fourth-order valence-corrected chi connectivity index (χ4v) is 3.02. The number of nitrogens with one attached hydrogen (secondary N) is 1. The van der Waals surface area contributed by atoms with E-state index in [0.717, 1.165) is 19.5 Å². The van der Waals surface area contributed by atoms with E-state index in [1.807, 2.05) is 12.1 Å². The summed E-state index contributed by atoms with van der Waals surface area (Å²) in [7, 11) is 0. The van der Waals surface area contributed by atoms with Crippen molar-refractivity contribution in [1.82, 2.24) is 5.32 Å². The van der Waals surface area contributed by atoms with Gasteiger partial charge in [-0.25, -0.2) is 4.79 Å². The summed E-state index contributed by atoms with van der Waals surface area (Å²) in [5.74, 6) is 0.928. The Kier molecular flexibility index (Phi) is 5.41. The molecule has 1 aromatic rings. The zero-order valence-electron chi connectivity index (χ0n) is 12.0. The molecule has 1 fully saturated rings. The smallest absolute Gasteiger partial charge is 0.341 e. The predicted octanol–water partition coefficient (Wildman–Crippen LogP) is 2.64. The Labute approximate surface area is 120 Å². The lowest BCUT2D eigenvalue weighted by Gasteiger charge is -2.30. The molecule has 2 unspecified atom stereocenters. The minimum atomic E-state index is -0.950. The van der Waals surface area contributed by atoms with E-state index < -0.39 is 5.97 Å². The molecule has 0 spiro atoms. The molecule has 4 nitrogen and oxygen atoms in total. The van der Waals surface area contributed by atoms with E-state index >= 15 is 0 Å². The molecule has 1 aromatic carbocycles. The molecule has 1 aliphatic rings. The van der Waals surface area contributed by atoms with Gasteiger partial charge in [-0.1, -0.05) is 19.1 Å². The summed E-state index contributed by atoms with van der Waals surface area (Å²) in [4.78, 5) is 10.5. The fraction of sp³-hybridized carbons (Fsp3) is 0.562. The van der Waals surface area contributed by atoms with Gasteiger partial charge in [0, 0.05) is 0 Å². The number of carbonyl (C=O) groups is 1. The number of benzene rings is 1. The maximum atomic E-state index is 10.5. The zero-order chi connectivity index (χ0) is 14.4. The molecule has 0 bridgehead atoms. The van der Waals surface area contributed by atoms with Gasteiger partial charge < -0.3 is 15.2 Å². The standard InChI is InChI=1S/C16H23NO3/c1-2-15(13-4-3-9-17-10-13)12-5-7-14(8-6-12)20-11-16(18)19/h5-8,13,15,17H,2-4,9-11H2,1H3,(H,18,19). The van der Waals surface area contributed by atoms with Crippen LogP contribution in [-0.2, 0) is 4.79 Å². The molecule has 0 saturated carbocycles. The minimum Gasteiger partial charge on any atom is -0.482 e. The molecule has 20 heavy (non-hydrogen) atoms. The lowest BCUT2D eigenvalue weighted by atomic mass is 9.80. The lowest BCUT2D eigenvalue weighted by molar-refractivity contribution is -0.139. The molecule has 4 heteroatoms. The second kappa shape index (κ2) is 7.29. The van der Waals surface area contributed by atoms with Gasteiger partial charge in [0.15, 0.2) is 6.61 Å². The van der Waals surface area contributed by atoms with Crippen molar-refractivity contribution in [3.8, 4) is 5.75 Å². The van der Waals surface area contributed by atoms with Gasteiger partial charge in [0.2, 0.25) is 0 Å². The molecule has 0 amide bonds. The first-order valence-corrected chi connectivity index (χ1v) is 7.36. The summed E-state index contributed by atoms with van der Waals surface area (Å²) in [6, 6.07) is 7.88. The molecule has 2 N–H and O–H groups in total. The Bertz CT molecular complexity index is 424. The average molecular weight is 277 g/mol. The van der Waals surface area contributed by atoms with Crippen molar-refractivity contribution in [1.29, 1.82) is 0 Å². The van der Waals surface area contributed by atoms with Crippen LogP contribution in [0.1, 0.15) is 37.7 Å². The summed E-state index contributed by atoms with van der Waals surface area (Å²) in [5, 5.41) is 12.1. The largest absolute Gasteiger partial charge is 0.482 e. The first-order valence-electron chi connectivity index (χ1n) is 7.36. The molecular formula is C16H23NO3. The van der Waals surface area contributed by atoms with Crippen molar-refractivity contribution >= 4 is 5.97 Å². The maximum Gasteiger partial charge on any atom is 0.341 e. The van der Waals surface area contributed by atoms with Crippen molar-refractivity contribution in [3.63, 3.8) is 0 Å². The number of piperidine rings is 1. The monoisotopic (exact) mass is 277 g/mol. The van der Waals surface area contributed by atoms with Gasteiger partial charge in [-0.3, -0.25) is 0 Å². The molecule has 110 valence electrons. The number of carboxylic acid groups (broad SMARTS) is 1. The van der Waals surface area contributed by atoms with Crippen LogP contribution in [0.15, 0.2) is 24.3 Å². The van der Waals surface area contributed by atoms with Gasteiger partial charge >= 0.3 is 5.97 Å². The zero-order valence-corrected chi connectivity index (χ0v) is 12.0. The molecule has 1 saturated heterocycles. The molecular weight excluding hydrogens is 254 g/mol. The van der Waals surface area contributed by atoms with E-state index in [4.69, 9.17) is 9.84 Å². The highest BCUT2D eigenvalue weighted by molar-refractivity contribution is 5.68. The van der Waals surface area contributed by atoms with E-state index in [-0.39, 0.29) is 6.61 Å². The van der Waals surface area contributed by atoms with Crippen LogP contribution in [0.4, 0.5) is 0 Å². The summed E-state index contributed by atoms with van der Waals surface area (Å²) >= 11 is 0. The molecule has 0 radical (unpaired) electrons. The summed E-state index contributed by atoms with van der Waals surface area (Å²) in [6.07, 6.45) is 3.66. The Balaban J connectivity index is 2.00. The van der Waals surface area contributed by atoms with Crippen LogP contribution in [0.2, 0.25) is 0 Å². The van der Waals surface area contributed by atoms with Gasteiger partial charge in [0.25, 0.3) is 0 Å². The van der Waals surface area contributed by atoms with Crippen LogP contribution in [0.3, 0.4) is 0 Å². The summed E-state index contributed by atoms with van der Waals surface area (Å²) in [5.41, 5.74) is 1.32. The number of ether oxygens (including phenoxy) is 1. The van der Waals surface area contributed by atoms with Crippen molar-refractivity contribution < 1.29 is 14.6 Å². The number of hydrogen-bond acceptors (Lipinski definition) is 3. The van der Waals surface area contributed by atoms with E-state index in [1.54, 1.807) is 0 Å². The molecule has 0 aliphatic carbocycles. The van der Waals surface area contributed by atoms with Gasteiger partial charge in [-0.05, 0) is 61.9 Å². The van der Waals surface area contributed by atoms with Crippen molar-refractivity contribution in [2.45, 2.75) is 32.1 Å². The SMILES string of the molecule is CCC(c1ccc(OCC(=O)O)cc1)C1CCCNC1. The highest BCUT2D eigenvalue weighted by atomic mass is 16.5. The highest BCUT2D eigenvalue weighted by Gasteiger charge is 2.23. The Morgan fingerprint density at radius 2 is 2.20 bits per heavy atom. The first kappa shape index (κ1) is 14.9. The summed E-state index contributed by atoms with van der Waals surface area (Å²) in [6.45, 7) is 4.17. The van der Waals surface area contributed by atoms with Crippen molar-refractivity contribution in [3.05, 3.63) is 29.8 Å². The third-order valence-electron chi connectivity index (χ3n) is 4.01. The third-order valence-corrected chi connectivity index (χ3v) is 4.01. The van der Waals surface area contributed by atoms with Crippen LogP contribution in [0.25, 0.3) is 0 Å². The maximum absolute atomic E-state index is 10.5. The second-order valence-electron chi connectivity index (χ2n) is 5.37. The molecule has 1 aliphatic heterocycles. The fourth-order valence-electron chi connectivity index (χ4n) is 3.02. The molecule has 1 heterocycles. The molecule has 2 atom stereocenters. The lowest BCUT2D eigenvalue weighted by Crippen LogP contribution is -2.33. The second-order valence-corrected chi connectivity index (χ2v) is 5.37. The van der Waals surface area contributed by atoms with E-state index in [0.29, 0.717) is 17.6 Å². The Hall–Kier alpha value is -1.55. The first-order chi connectivity index (χ1) is 9.70. The van der Waals surface area contributed by atoms with Crippen LogP contribution < -0.4 is 10.1 Å². The Morgan fingerprint density at radius 3 is 2.75 bits per heavy atom. The van der Waals surface area contributed by atoms with Crippen LogP contribution in [0, 0.1) is 5.92 Å². The number of aliphatic carboxylic acids is 1. The molecule has 0 aromatic heterocycles. The van der Waals surface area contributed by atoms with E-state index in [2.05, 4.69) is 24.4 Å². The van der Waals surface area contributed by atoms with E-state index in [9.17, 15) is 4.79 Å². The third kappa shape index (κ3) is 3.97. The predicted molar refractivity (Wildman–Crippen MR) is 78.2 cm³/mol. The normalized spacial score (nSPS) is 20.4. The van der Waals surface area contributed by atoms with Gasteiger partial charge in [-0.15, -0.1) is 0 Å². The minimum absolute atomic E-state index is 0.289. The van der Waals surface area contributed by atoms with E-state index in [1.165, 1.54) is 18.4 Å². The number of hydrogen-bond donors (Lipinski definition) is 2. The van der Waals surface area contributed by atoms with Gasteiger partial charge in [0.1, 0.15) is 5.75 Å². The van der Waals surface area contributed by atoms with Crippen LogP contribution in [0.5, 0.6) is 5.75 Å². The quantitative estimate of drug-likeness (QED) is 0.839. The molecule has 2 rings (SSSR count). The van der Waals surface area contributed by atoms with Gasteiger partial charge in [0.05, 0.1) is 0 Å².